The molecule has 0 aromatic rings. The molecule has 0 atom stereocenters. The third-order valence-electron chi connectivity index (χ3n) is 22.8. The molecule has 12 nitrogen and oxygen atoms in total. The molecular weight excluding hydrogens is 2080 g/mol. The van der Waals surface area contributed by atoms with Gasteiger partial charge in [0.1, 0.15) is 0 Å². The third kappa shape index (κ3) is 215. The molecule has 0 bridgehead atoms. The van der Waals surface area contributed by atoms with Gasteiger partial charge in [0.2, 0.25) is 0 Å². The molecule has 0 spiro atoms. The molecule has 0 amide bonds. The van der Waals surface area contributed by atoms with Gasteiger partial charge >= 0.3 is 21.1 Å². The molecule has 0 rings (SSSR count). The summed E-state index contributed by atoms with van der Waals surface area (Å²) in [5, 5.41) is 18.2. The molecule has 0 saturated carbocycles. The number of nitrogens with one attached hydrogen (secondary N) is 6. The van der Waals surface area contributed by atoms with Crippen LogP contribution in [0.3, 0.4) is 0 Å². The molecule has 0 aliphatic heterocycles. The third-order valence-corrected chi connectivity index (χ3v) is 24.5. The van der Waals surface area contributed by atoms with E-state index in [4.69, 9.17) is 174 Å². The topological polar surface area (TPSA) is 175 Å². The minimum atomic E-state index is 0. The second kappa shape index (κ2) is 176. The van der Waals surface area contributed by atoms with E-state index >= 15 is 0 Å². The molecule has 0 aromatic carbocycles. The summed E-state index contributed by atoms with van der Waals surface area (Å²) in [5.41, 5.74) is 0. The monoisotopic (exact) mass is 2280 g/mol. The summed E-state index contributed by atoms with van der Waals surface area (Å²) < 4.78 is 50.1. The summed E-state index contributed by atoms with van der Waals surface area (Å²) in [6.45, 7) is 19.4. The van der Waals surface area contributed by atoms with Crippen LogP contribution < -0.4 is 31.9 Å². The molecule has 0 aliphatic rings. The molecule has 0 fully saturated rings. The maximum absolute atomic E-state index is 7.83. The van der Waals surface area contributed by atoms with Crippen LogP contribution in [0.4, 0.5) is 0 Å². The fourth-order valence-corrected chi connectivity index (χ4v) is 16.3. The molecule has 133 heavy (non-hydrogen) atoms. The number of unbranched alkanes of at least 4 members (excludes halogenated alkanes) is 78. The standard InChI is InChI=1S/6C17H35NS2.Mo.6OS/c6*1-2-3-4-5-6-7-8-9-10-11-12-13-14-15-16-18-17(19)20;;6*1-2/h6*2-16H2,1H3,(H2,18,19,20);;;;;;;/q;;;;;;+6;;;;;;/p-6. The Kier molecular flexibility index (Phi) is 214. The average molecular weight is 2280 g/mol. The second-order valence-corrected chi connectivity index (χ2v) is 41.3. The number of hydrogen-bond donors (Lipinski definition) is 6. The van der Waals surface area contributed by atoms with Crippen molar-refractivity contribution in [1.82, 2.24) is 31.9 Å². The molecule has 6 N–H and O–H groups in total. The summed E-state index contributed by atoms with van der Waals surface area (Å²) in [4.78, 5) is 0. The first-order chi connectivity index (χ1) is 64.6. The Morgan fingerprint density at radius 2 is 0.180 bits per heavy atom. The summed E-state index contributed by atoms with van der Waals surface area (Å²) in [6.07, 6.45) is 118. The molecule has 31 heteroatoms. The largest absolute Gasteiger partial charge is 6.00 e. The van der Waals surface area contributed by atoms with Crippen molar-refractivity contribution in [1.29, 1.82) is 0 Å². The Labute approximate surface area is 938 Å². The van der Waals surface area contributed by atoms with Crippen molar-refractivity contribution >= 4 is 250 Å². The molecule has 0 radical (unpaired) electrons. The maximum Gasteiger partial charge on any atom is 6.00 e. The van der Waals surface area contributed by atoms with Gasteiger partial charge in [-0.3, -0.25) is 0 Å². The summed E-state index contributed by atoms with van der Waals surface area (Å²) in [5.74, 6) is 0. The van der Waals surface area contributed by atoms with E-state index in [1.165, 1.54) is 539 Å². The Morgan fingerprint density at radius 1 is 0.128 bits per heavy atom. The molecular formula is C102H204MoN6O6S18. The molecule has 792 valence electrons. The summed E-state index contributed by atoms with van der Waals surface area (Å²) >= 11 is 74.6. The van der Waals surface area contributed by atoms with Crippen molar-refractivity contribution in [2.24, 2.45) is 0 Å². The smallest absolute Gasteiger partial charge is 0.412 e. The van der Waals surface area contributed by atoms with E-state index in [1.807, 2.05) is 0 Å². The van der Waals surface area contributed by atoms with E-state index in [1.54, 1.807) is 0 Å². The van der Waals surface area contributed by atoms with Gasteiger partial charge in [-0.05, 0) is 38.5 Å². The van der Waals surface area contributed by atoms with Crippen molar-refractivity contribution in [3.05, 3.63) is 0 Å². The van der Waals surface area contributed by atoms with Crippen LogP contribution >= 0.6 is 73.3 Å². The first-order valence-corrected chi connectivity index (χ1v) is 60.2. The Balaban J connectivity index is -0.000000115. The van der Waals surface area contributed by atoms with Gasteiger partial charge in [-0.1, -0.05) is 568 Å². The zero-order valence-corrected chi connectivity index (χ0v) is 103. The van der Waals surface area contributed by atoms with Gasteiger partial charge in [0.25, 0.3) is 0 Å². The van der Waals surface area contributed by atoms with Crippen LogP contribution in [0.1, 0.15) is 581 Å². The minimum absolute atomic E-state index is 0. The van der Waals surface area contributed by atoms with E-state index in [9.17, 15) is 0 Å². The van der Waals surface area contributed by atoms with Crippen molar-refractivity contribution in [2.45, 2.75) is 581 Å². The Morgan fingerprint density at radius 3 is 0.233 bits per heavy atom. The van der Waals surface area contributed by atoms with Crippen LogP contribution in [-0.4, -0.2) is 90.4 Å². The fraction of sp³-hybridized carbons (Fsp3) is 0.941. The first kappa shape index (κ1) is 162. The molecule has 0 unspecified atom stereocenters. The van der Waals surface area contributed by atoms with Crippen LogP contribution in [0.15, 0.2) is 0 Å². The van der Waals surface area contributed by atoms with Crippen LogP contribution in [0.25, 0.3) is 0 Å². The van der Waals surface area contributed by atoms with Crippen molar-refractivity contribution in [2.75, 3.05) is 39.3 Å². The Hall–Kier alpha value is 1.47. The zero-order valence-electron chi connectivity index (χ0n) is 85.8. The molecule has 0 saturated heterocycles. The van der Waals surface area contributed by atoms with Crippen LogP contribution in [-0.2, 0) is 172 Å². The quantitative estimate of drug-likeness (QED) is 0.0147. The van der Waals surface area contributed by atoms with Gasteiger partial charge in [-0.2, -0.15) is 25.3 Å². The van der Waals surface area contributed by atoms with Gasteiger partial charge in [0, 0.05) is 39.3 Å². The second-order valence-electron chi connectivity index (χ2n) is 34.9. The zero-order chi connectivity index (χ0) is 101. The van der Waals surface area contributed by atoms with Crippen LogP contribution in [0.2, 0.25) is 0 Å². The van der Waals surface area contributed by atoms with Gasteiger partial charge in [-0.25, -0.2) is 0 Å². The molecule has 0 aliphatic carbocycles. The normalized spacial score (nSPS) is 9.79. The number of thiocarbonyl (C=S) groups is 6. The Bertz CT molecular complexity index is 1730. The fourth-order valence-electron chi connectivity index (χ4n) is 15.1. The average Bonchev–Trinajstić information content (AvgIpc) is 1.12. The van der Waals surface area contributed by atoms with Crippen molar-refractivity contribution in [3.63, 3.8) is 0 Å². The first-order valence-electron chi connectivity index (χ1n) is 53.3. The van der Waals surface area contributed by atoms with Gasteiger partial charge in [-0.15, -0.1) is 0 Å². The van der Waals surface area contributed by atoms with Crippen LogP contribution in [0.5, 0.6) is 0 Å². The van der Waals surface area contributed by atoms with Crippen molar-refractivity contribution in [3.8, 4) is 0 Å². The predicted octanol–water partition coefficient (Wildman–Crippen LogP) is 33.3. The van der Waals surface area contributed by atoms with Crippen LogP contribution in [0, 0.1) is 0 Å². The van der Waals surface area contributed by atoms with Gasteiger partial charge < -0.3 is 181 Å². The number of rotatable bonds is 90. The van der Waals surface area contributed by atoms with E-state index in [2.05, 4.69) is 149 Å². The summed E-state index contributed by atoms with van der Waals surface area (Å²) in [7, 11) is 0. The van der Waals surface area contributed by atoms with Gasteiger partial charge in [0.15, 0.2) is 75.2 Å². The predicted molar refractivity (Wildman–Crippen MR) is 639 cm³/mol. The van der Waals surface area contributed by atoms with E-state index in [0.717, 1.165) is 39.3 Å². The van der Waals surface area contributed by atoms with E-state index < -0.39 is 0 Å². The van der Waals surface area contributed by atoms with E-state index in [-0.39, 0.29) is 21.1 Å². The SMILES string of the molecule is CCCCCCCCCCCCCCCCNC(=S)[S-].CCCCCCCCCCCCCCCCNC(=S)[S-].CCCCCCCCCCCCCCCCNC(=S)[S-].CCCCCCCCCCCCCCCCNC(=S)[S-].CCCCCCCCCCCCCCCCNC(=S)[S-].CCCCCCCCCCCCCCCCNC(=S)[S-].O=S.O=S.O=S.O=S.O=S.O=S.[Mo+6]. The summed E-state index contributed by atoms with van der Waals surface area (Å²) in [6, 6.07) is 0. The number of hydrogen-bond acceptors (Lipinski definition) is 24. The molecule has 0 aromatic heterocycles. The van der Waals surface area contributed by atoms with Gasteiger partial charge in [0.05, 0.1) is 0 Å². The maximum atomic E-state index is 7.83. The minimum Gasteiger partial charge on any atom is -0.412 e. The van der Waals surface area contributed by atoms with Crippen molar-refractivity contribution < 1.29 is 46.3 Å². The molecule has 0 heterocycles. The van der Waals surface area contributed by atoms with E-state index in [0.29, 0.717) is 25.9 Å².